The van der Waals surface area contributed by atoms with Gasteiger partial charge in [0.05, 0.1) is 6.20 Å². The molecule has 1 N–H and O–H groups in total. The molecule has 1 aromatic carbocycles. The van der Waals surface area contributed by atoms with E-state index in [1.165, 1.54) is 19.8 Å². The van der Waals surface area contributed by atoms with Crippen LogP contribution >= 0.6 is 0 Å². The van der Waals surface area contributed by atoms with Crippen LogP contribution < -0.4 is 5.32 Å². The zero-order valence-corrected chi connectivity index (χ0v) is 14.6. The van der Waals surface area contributed by atoms with Crippen LogP contribution in [-0.4, -0.2) is 44.8 Å². The largest absolute Gasteiger partial charge is 0.341 e. The summed E-state index contributed by atoms with van der Waals surface area (Å²) >= 11 is 0. The van der Waals surface area contributed by atoms with Gasteiger partial charge in [0.25, 0.3) is 0 Å². The van der Waals surface area contributed by atoms with Crippen LogP contribution in [-0.2, 0) is 16.1 Å². The van der Waals surface area contributed by atoms with Gasteiger partial charge in [-0.15, -0.1) is 5.10 Å². The van der Waals surface area contributed by atoms with Gasteiger partial charge in [-0.2, -0.15) is 0 Å². The zero-order chi connectivity index (χ0) is 17.8. The van der Waals surface area contributed by atoms with Crippen molar-refractivity contribution in [3.05, 3.63) is 30.5 Å². The van der Waals surface area contributed by atoms with Gasteiger partial charge in [0.2, 0.25) is 11.8 Å². The maximum Gasteiger partial charge on any atom is 0.244 e. The van der Waals surface area contributed by atoms with E-state index in [1.807, 2.05) is 36.2 Å². The molecule has 1 fully saturated rings. The van der Waals surface area contributed by atoms with Crippen LogP contribution in [0.15, 0.2) is 30.5 Å². The van der Waals surface area contributed by atoms with Crippen molar-refractivity contribution < 1.29 is 9.59 Å². The fraction of sp³-hybridized carbons (Fsp3) is 0.444. The van der Waals surface area contributed by atoms with E-state index in [2.05, 4.69) is 15.6 Å². The standard InChI is InChI=1S/C18H23N5O2/c1-13(24)19-15-9-7-14(8-10-15)17-11-23(21-20-17)12-18(25)22(2)16-5-3-4-6-16/h7-11,16H,3-6,12H2,1-2H3,(H,19,24). The van der Waals surface area contributed by atoms with Crippen LogP contribution in [0.3, 0.4) is 0 Å². The first-order valence-corrected chi connectivity index (χ1v) is 8.57. The molecule has 3 rings (SSSR count). The van der Waals surface area contributed by atoms with Gasteiger partial charge in [-0.1, -0.05) is 30.2 Å². The number of aromatic nitrogens is 3. The number of amides is 2. The fourth-order valence-corrected chi connectivity index (χ4v) is 3.18. The van der Waals surface area contributed by atoms with Gasteiger partial charge in [-0.25, -0.2) is 4.68 Å². The SMILES string of the molecule is CC(=O)Nc1ccc(-c2cn(CC(=O)N(C)C3CCCC3)nn2)cc1. The summed E-state index contributed by atoms with van der Waals surface area (Å²) in [6.07, 6.45) is 6.35. The third kappa shape index (κ3) is 4.23. The van der Waals surface area contributed by atoms with E-state index in [1.54, 1.807) is 10.9 Å². The molecule has 0 bridgehead atoms. The molecule has 0 aliphatic heterocycles. The van der Waals surface area contributed by atoms with Crippen molar-refractivity contribution in [2.45, 2.75) is 45.2 Å². The molecule has 2 aromatic rings. The molecule has 1 saturated carbocycles. The minimum Gasteiger partial charge on any atom is -0.341 e. The number of nitrogens with zero attached hydrogens (tertiary/aromatic N) is 4. The summed E-state index contributed by atoms with van der Waals surface area (Å²) in [5, 5.41) is 10.9. The van der Waals surface area contributed by atoms with Crippen molar-refractivity contribution in [2.75, 3.05) is 12.4 Å². The quantitative estimate of drug-likeness (QED) is 0.905. The summed E-state index contributed by atoms with van der Waals surface area (Å²) in [6.45, 7) is 1.67. The topological polar surface area (TPSA) is 80.1 Å². The van der Waals surface area contributed by atoms with Crippen molar-refractivity contribution in [3.8, 4) is 11.3 Å². The van der Waals surface area contributed by atoms with Crippen molar-refractivity contribution in [1.29, 1.82) is 0 Å². The Hall–Kier alpha value is -2.70. The average Bonchev–Trinajstić information content (AvgIpc) is 3.26. The zero-order valence-electron chi connectivity index (χ0n) is 14.6. The molecule has 132 valence electrons. The minimum absolute atomic E-state index is 0.0596. The Bertz CT molecular complexity index is 747. The van der Waals surface area contributed by atoms with Crippen molar-refractivity contribution in [3.63, 3.8) is 0 Å². The summed E-state index contributed by atoms with van der Waals surface area (Å²) in [4.78, 5) is 25.3. The first-order chi connectivity index (χ1) is 12.0. The molecule has 25 heavy (non-hydrogen) atoms. The number of nitrogens with one attached hydrogen (secondary N) is 1. The van der Waals surface area contributed by atoms with E-state index < -0.39 is 0 Å². The van der Waals surface area contributed by atoms with E-state index in [4.69, 9.17) is 0 Å². The monoisotopic (exact) mass is 341 g/mol. The Balaban J connectivity index is 1.63. The Morgan fingerprint density at radius 1 is 1.24 bits per heavy atom. The smallest absolute Gasteiger partial charge is 0.244 e. The number of anilines is 1. The molecular formula is C18H23N5O2. The number of carbonyl (C=O) groups excluding carboxylic acids is 2. The highest BCUT2D eigenvalue weighted by molar-refractivity contribution is 5.88. The number of benzene rings is 1. The molecule has 7 nitrogen and oxygen atoms in total. The van der Waals surface area contributed by atoms with E-state index in [9.17, 15) is 9.59 Å². The molecule has 1 aliphatic rings. The predicted molar refractivity (Wildman–Crippen MR) is 94.8 cm³/mol. The van der Waals surface area contributed by atoms with Crippen molar-refractivity contribution >= 4 is 17.5 Å². The molecule has 2 amide bonds. The van der Waals surface area contributed by atoms with Gasteiger partial charge in [-0.05, 0) is 25.0 Å². The Morgan fingerprint density at radius 3 is 2.56 bits per heavy atom. The average molecular weight is 341 g/mol. The normalized spacial score (nSPS) is 14.5. The molecular weight excluding hydrogens is 318 g/mol. The maximum absolute atomic E-state index is 12.4. The number of carbonyl (C=O) groups is 2. The van der Waals surface area contributed by atoms with E-state index in [0.29, 0.717) is 11.7 Å². The van der Waals surface area contributed by atoms with Crippen LogP contribution in [0.4, 0.5) is 5.69 Å². The lowest BCUT2D eigenvalue weighted by molar-refractivity contribution is -0.132. The highest BCUT2D eigenvalue weighted by atomic mass is 16.2. The lowest BCUT2D eigenvalue weighted by atomic mass is 10.1. The second-order valence-corrected chi connectivity index (χ2v) is 6.50. The molecule has 1 heterocycles. The third-order valence-electron chi connectivity index (χ3n) is 4.60. The van der Waals surface area contributed by atoms with Crippen LogP contribution in [0.5, 0.6) is 0 Å². The van der Waals surface area contributed by atoms with Crippen LogP contribution in [0.2, 0.25) is 0 Å². The summed E-state index contributed by atoms with van der Waals surface area (Å²) in [6, 6.07) is 7.72. The Kier molecular flexibility index (Phi) is 5.11. The van der Waals surface area contributed by atoms with E-state index in [0.717, 1.165) is 24.1 Å². The van der Waals surface area contributed by atoms with Crippen LogP contribution in [0.25, 0.3) is 11.3 Å². The van der Waals surface area contributed by atoms with Gasteiger partial charge in [0, 0.05) is 31.3 Å². The first-order valence-electron chi connectivity index (χ1n) is 8.57. The molecule has 0 spiro atoms. The van der Waals surface area contributed by atoms with E-state index >= 15 is 0 Å². The molecule has 0 atom stereocenters. The fourth-order valence-electron chi connectivity index (χ4n) is 3.18. The Morgan fingerprint density at radius 2 is 1.92 bits per heavy atom. The molecule has 0 unspecified atom stereocenters. The van der Waals surface area contributed by atoms with Gasteiger partial charge in [0.1, 0.15) is 12.2 Å². The molecule has 0 radical (unpaired) electrons. The number of likely N-dealkylation sites (N-methyl/N-ethyl adjacent to an activating group) is 1. The van der Waals surface area contributed by atoms with Gasteiger partial charge in [-0.3, -0.25) is 9.59 Å². The lowest BCUT2D eigenvalue weighted by Gasteiger charge is -2.24. The summed E-state index contributed by atoms with van der Waals surface area (Å²) < 4.78 is 1.57. The van der Waals surface area contributed by atoms with Crippen LogP contribution in [0.1, 0.15) is 32.6 Å². The number of hydrogen-bond donors (Lipinski definition) is 1. The highest BCUT2D eigenvalue weighted by Gasteiger charge is 2.23. The summed E-state index contributed by atoms with van der Waals surface area (Å²) in [7, 11) is 1.87. The van der Waals surface area contributed by atoms with E-state index in [-0.39, 0.29) is 18.4 Å². The lowest BCUT2D eigenvalue weighted by Crippen LogP contribution is -2.37. The Labute approximate surface area is 147 Å². The summed E-state index contributed by atoms with van der Waals surface area (Å²) in [5.74, 6) is -0.0482. The predicted octanol–water partition coefficient (Wildman–Crippen LogP) is 2.30. The van der Waals surface area contributed by atoms with Gasteiger partial charge >= 0.3 is 0 Å². The van der Waals surface area contributed by atoms with Gasteiger partial charge in [0.15, 0.2) is 0 Å². The molecule has 0 saturated heterocycles. The van der Waals surface area contributed by atoms with Crippen LogP contribution in [0, 0.1) is 0 Å². The second-order valence-electron chi connectivity index (χ2n) is 6.50. The third-order valence-corrected chi connectivity index (χ3v) is 4.60. The second kappa shape index (κ2) is 7.46. The number of hydrogen-bond acceptors (Lipinski definition) is 4. The highest BCUT2D eigenvalue weighted by Crippen LogP contribution is 2.23. The maximum atomic E-state index is 12.4. The van der Waals surface area contributed by atoms with Crippen molar-refractivity contribution in [2.24, 2.45) is 0 Å². The minimum atomic E-state index is -0.108. The van der Waals surface area contributed by atoms with Crippen molar-refractivity contribution in [1.82, 2.24) is 19.9 Å². The van der Waals surface area contributed by atoms with Gasteiger partial charge < -0.3 is 10.2 Å². The molecule has 1 aliphatic carbocycles. The summed E-state index contributed by atoms with van der Waals surface area (Å²) in [5.41, 5.74) is 2.32. The molecule has 7 heteroatoms. The molecule has 1 aromatic heterocycles. The first kappa shape index (κ1) is 17.1. The number of rotatable bonds is 5.